The summed E-state index contributed by atoms with van der Waals surface area (Å²) >= 11 is 0. The molecule has 0 fully saturated rings. The van der Waals surface area contributed by atoms with Gasteiger partial charge in [0, 0.05) is 6.26 Å². The van der Waals surface area contributed by atoms with Crippen LogP contribution in [0.2, 0.25) is 0 Å². The van der Waals surface area contributed by atoms with Gasteiger partial charge in [-0.3, -0.25) is 0 Å². The first-order chi connectivity index (χ1) is 6.49. The lowest BCUT2D eigenvalue weighted by Crippen LogP contribution is -2.06. The molecule has 1 aromatic heterocycles. The maximum absolute atomic E-state index is 11.0. The highest BCUT2D eigenvalue weighted by Crippen LogP contribution is 2.14. The molecule has 0 aliphatic rings. The highest BCUT2D eigenvalue weighted by atomic mass is 32.2. The van der Waals surface area contributed by atoms with Gasteiger partial charge in [0.2, 0.25) is 20.9 Å². The van der Waals surface area contributed by atoms with Crippen LogP contribution >= 0.6 is 0 Å². The summed E-state index contributed by atoms with van der Waals surface area (Å²) in [6.45, 7) is 0. The Morgan fingerprint density at radius 1 is 1.57 bits per heavy atom. The van der Waals surface area contributed by atoms with Crippen LogP contribution < -0.4 is 4.74 Å². The van der Waals surface area contributed by atoms with Crippen LogP contribution in [0.5, 0.6) is 5.88 Å². The Morgan fingerprint density at radius 3 is 2.64 bits per heavy atom. The molecule has 74 valence electrons. The first-order valence-electron chi connectivity index (χ1n) is 3.50. The van der Waals surface area contributed by atoms with E-state index < -0.39 is 9.84 Å². The van der Waals surface area contributed by atoms with Crippen molar-refractivity contribution in [3.8, 4) is 11.9 Å². The van der Waals surface area contributed by atoms with E-state index in [0.29, 0.717) is 0 Å². The third kappa shape index (κ3) is 1.97. The Kier molecular flexibility index (Phi) is 2.67. The Balaban J connectivity index is 3.37. The molecule has 0 saturated carbocycles. The van der Waals surface area contributed by atoms with Crippen molar-refractivity contribution in [1.29, 1.82) is 5.26 Å². The highest BCUT2D eigenvalue weighted by molar-refractivity contribution is 7.90. The highest BCUT2D eigenvalue weighted by Gasteiger charge is 2.14. The molecule has 0 aliphatic heterocycles. The van der Waals surface area contributed by atoms with Crippen LogP contribution in [0.4, 0.5) is 0 Å². The number of ether oxygens (including phenoxy) is 1. The van der Waals surface area contributed by atoms with Crippen LogP contribution in [-0.2, 0) is 9.84 Å². The molecule has 0 unspecified atom stereocenters. The molecule has 14 heavy (non-hydrogen) atoms. The molecule has 0 N–H and O–H groups in total. The second-order valence-corrected chi connectivity index (χ2v) is 4.37. The average molecular weight is 213 g/mol. The fraction of sp³-hybridized carbons (Fsp3) is 0.286. The monoisotopic (exact) mass is 213 g/mol. The van der Waals surface area contributed by atoms with Gasteiger partial charge in [-0.15, -0.1) is 0 Å². The normalized spacial score (nSPS) is 10.6. The van der Waals surface area contributed by atoms with Crippen molar-refractivity contribution in [3.63, 3.8) is 0 Å². The number of methoxy groups -OCH3 is 1. The van der Waals surface area contributed by atoms with E-state index in [1.807, 2.05) is 0 Å². The fourth-order valence-electron chi connectivity index (χ4n) is 0.762. The molecule has 0 spiro atoms. The predicted octanol–water partition coefficient (Wildman–Crippen LogP) is -0.240. The lowest BCUT2D eigenvalue weighted by Gasteiger charge is -2.01. The average Bonchev–Trinajstić information content (AvgIpc) is 2.15. The van der Waals surface area contributed by atoms with Crippen molar-refractivity contribution >= 4 is 9.84 Å². The lowest BCUT2D eigenvalue weighted by molar-refractivity contribution is 0.390. The third-order valence-electron chi connectivity index (χ3n) is 1.38. The van der Waals surface area contributed by atoms with E-state index in [0.717, 1.165) is 12.5 Å². The largest absolute Gasteiger partial charge is 0.480 e. The van der Waals surface area contributed by atoms with Crippen LogP contribution in [0.1, 0.15) is 5.56 Å². The summed E-state index contributed by atoms with van der Waals surface area (Å²) < 4.78 is 26.8. The Labute approximate surface area is 81.1 Å². The summed E-state index contributed by atoms with van der Waals surface area (Å²) in [6.07, 6.45) is 2.09. The Hall–Kier alpha value is -1.68. The van der Waals surface area contributed by atoms with Crippen molar-refractivity contribution in [3.05, 3.63) is 11.8 Å². The van der Waals surface area contributed by atoms with E-state index >= 15 is 0 Å². The predicted molar refractivity (Wildman–Crippen MR) is 46.4 cm³/mol. The van der Waals surface area contributed by atoms with E-state index in [1.165, 1.54) is 7.11 Å². The van der Waals surface area contributed by atoms with Gasteiger partial charge in [-0.2, -0.15) is 10.2 Å². The molecule has 0 radical (unpaired) electrons. The van der Waals surface area contributed by atoms with Gasteiger partial charge in [0.15, 0.2) is 0 Å². The first-order valence-corrected chi connectivity index (χ1v) is 5.39. The quantitative estimate of drug-likeness (QED) is 0.629. The molecule has 0 atom stereocenters. The van der Waals surface area contributed by atoms with E-state index in [9.17, 15) is 8.42 Å². The van der Waals surface area contributed by atoms with Crippen molar-refractivity contribution < 1.29 is 13.2 Å². The molecule has 7 heteroatoms. The van der Waals surface area contributed by atoms with Gasteiger partial charge >= 0.3 is 0 Å². The van der Waals surface area contributed by atoms with Crippen LogP contribution in [0.15, 0.2) is 11.4 Å². The summed E-state index contributed by atoms with van der Waals surface area (Å²) in [5.41, 5.74) is 0.0971. The van der Waals surface area contributed by atoms with Gasteiger partial charge in [0.1, 0.15) is 11.6 Å². The number of nitrogens with zero attached hydrogens (tertiary/aromatic N) is 3. The Bertz CT molecular complexity index is 489. The van der Waals surface area contributed by atoms with E-state index in [2.05, 4.69) is 9.97 Å². The van der Waals surface area contributed by atoms with Gasteiger partial charge in [-0.1, -0.05) is 0 Å². The molecule has 0 aliphatic carbocycles. The molecular formula is C7H7N3O3S. The SMILES string of the molecule is COc1nc(S(C)(=O)=O)ncc1C#N. The molecule has 1 rings (SSSR count). The molecule has 1 heterocycles. The molecule has 0 amide bonds. The van der Waals surface area contributed by atoms with Crippen LogP contribution in [0.25, 0.3) is 0 Å². The number of sulfone groups is 1. The number of rotatable bonds is 2. The minimum absolute atomic E-state index is 0.0390. The lowest BCUT2D eigenvalue weighted by atomic mass is 10.4. The summed E-state index contributed by atoms with van der Waals surface area (Å²) in [5.74, 6) is -0.0390. The number of hydrogen-bond acceptors (Lipinski definition) is 6. The minimum Gasteiger partial charge on any atom is -0.480 e. The zero-order chi connectivity index (χ0) is 10.8. The molecule has 0 saturated heterocycles. The van der Waals surface area contributed by atoms with Crippen molar-refractivity contribution in [2.75, 3.05) is 13.4 Å². The van der Waals surface area contributed by atoms with E-state index in [-0.39, 0.29) is 16.6 Å². The number of aromatic nitrogens is 2. The number of nitriles is 1. The van der Waals surface area contributed by atoms with E-state index in [4.69, 9.17) is 10.00 Å². The third-order valence-corrected chi connectivity index (χ3v) is 2.24. The summed E-state index contributed by atoms with van der Waals surface area (Å²) in [4.78, 5) is 7.12. The molecule has 1 aromatic rings. The van der Waals surface area contributed by atoms with Crippen molar-refractivity contribution in [1.82, 2.24) is 9.97 Å². The van der Waals surface area contributed by atoms with Gasteiger partial charge in [-0.25, -0.2) is 13.4 Å². The Morgan fingerprint density at radius 2 is 2.21 bits per heavy atom. The van der Waals surface area contributed by atoms with Gasteiger partial charge < -0.3 is 4.74 Å². The summed E-state index contributed by atoms with van der Waals surface area (Å²) in [7, 11) is -2.17. The second-order valence-electron chi connectivity index (χ2n) is 2.46. The summed E-state index contributed by atoms with van der Waals surface area (Å²) in [5, 5.41) is 8.23. The number of hydrogen-bond donors (Lipinski definition) is 0. The fourth-order valence-corrected chi connectivity index (χ4v) is 1.25. The molecule has 0 aromatic carbocycles. The smallest absolute Gasteiger partial charge is 0.250 e. The topological polar surface area (TPSA) is 92.9 Å². The first kappa shape index (κ1) is 10.4. The van der Waals surface area contributed by atoms with Gasteiger partial charge in [0.05, 0.1) is 13.3 Å². The van der Waals surface area contributed by atoms with Gasteiger partial charge in [0.25, 0.3) is 0 Å². The maximum atomic E-state index is 11.0. The van der Waals surface area contributed by atoms with Crippen LogP contribution in [0, 0.1) is 11.3 Å². The minimum atomic E-state index is -3.47. The van der Waals surface area contributed by atoms with E-state index in [1.54, 1.807) is 6.07 Å². The molecule has 0 bridgehead atoms. The second kappa shape index (κ2) is 3.59. The molecule has 6 nitrogen and oxygen atoms in total. The zero-order valence-corrected chi connectivity index (χ0v) is 8.37. The van der Waals surface area contributed by atoms with Crippen LogP contribution in [-0.4, -0.2) is 31.8 Å². The standard InChI is InChI=1S/C7H7N3O3S/c1-13-6-5(3-8)4-9-7(10-6)14(2,11)12/h4H,1-2H3. The maximum Gasteiger partial charge on any atom is 0.250 e. The molecular weight excluding hydrogens is 206 g/mol. The van der Waals surface area contributed by atoms with Crippen molar-refractivity contribution in [2.45, 2.75) is 5.16 Å². The van der Waals surface area contributed by atoms with Gasteiger partial charge in [-0.05, 0) is 0 Å². The van der Waals surface area contributed by atoms with Crippen LogP contribution in [0.3, 0.4) is 0 Å². The van der Waals surface area contributed by atoms with Crippen molar-refractivity contribution in [2.24, 2.45) is 0 Å². The zero-order valence-electron chi connectivity index (χ0n) is 7.55. The summed E-state index contributed by atoms with van der Waals surface area (Å²) in [6, 6.07) is 1.78.